The van der Waals surface area contributed by atoms with Crippen molar-refractivity contribution in [2.45, 2.75) is 49.5 Å². The highest BCUT2D eigenvalue weighted by Crippen LogP contribution is 2.40. The monoisotopic (exact) mass is 297 g/mol. The molecule has 1 aromatic heterocycles. The molecule has 0 saturated heterocycles. The summed E-state index contributed by atoms with van der Waals surface area (Å²) in [5.74, 6) is 0. The molecule has 2 nitrogen and oxygen atoms in total. The summed E-state index contributed by atoms with van der Waals surface area (Å²) < 4.78 is 5.66. The van der Waals surface area contributed by atoms with Gasteiger partial charge in [-0.2, -0.15) is 0 Å². The van der Waals surface area contributed by atoms with Gasteiger partial charge in [0.25, 0.3) is 0 Å². The lowest BCUT2D eigenvalue weighted by molar-refractivity contribution is -0.0771. The Kier molecular flexibility index (Phi) is 4.21. The molecule has 0 bridgehead atoms. The Morgan fingerprint density at radius 3 is 2.82 bits per heavy atom. The SMILES string of the molecule is COC1(CC(Br)Cc2ncccc2C)CCC1. The first-order valence-corrected chi connectivity index (χ1v) is 7.16. The van der Waals surface area contributed by atoms with E-state index in [1.165, 1.54) is 30.5 Å². The molecule has 1 aliphatic carbocycles. The molecule has 0 amide bonds. The van der Waals surface area contributed by atoms with E-state index in [4.69, 9.17) is 4.74 Å². The van der Waals surface area contributed by atoms with E-state index in [1.54, 1.807) is 0 Å². The third-order valence-electron chi connectivity index (χ3n) is 3.82. The number of ether oxygens (including phenoxy) is 1. The summed E-state index contributed by atoms with van der Waals surface area (Å²) >= 11 is 3.78. The van der Waals surface area contributed by atoms with Gasteiger partial charge in [0, 0.05) is 30.2 Å². The van der Waals surface area contributed by atoms with Gasteiger partial charge in [-0.1, -0.05) is 22.0 Å². The summed E-state index contributed by atoms with van der Waals surface area (Å²) in [6, 6.07) is 4.11. The molecular formula is C14H20BrNO. The molecule has 1 fully saturated rings. The average molecular weight is 298 g/mol. The summed E-state index contributed by atoms with van der Waals surface area (Å²) in [6.07, 6.45) is 7.64. The number of hydrogen-bond donors (Lipinski definition) is 0. The fraction of sp³-hybridized carbons (Fsp3) is 0.643. The minimum atomic E-state index is 0.136. The second-order valence-corrected chi connectivity index (χ2v) is 6.31. The highest BCUT2D eigenvalue weighted by Gasteiger charge is 2.38. The van der Waals surface area contributed by atoms with Crippen LogP contribution in [0.3, 0.4) is 0 Å². The van der Waals surface area contributed by atoms with E-state index in [0.29, 0.717) is 4.83 Å². The van der Waals surface area contributed by atoms with Gasteiger partial charge in [-0.15, -0.1) is 0 Å². The van der Waals surface area contributed by atoms with Crippen molar-refractivity contribution in [1.82, 2.24) is 4.98 Å². The molecular weight excluding hydrogens is 278 g/mol. The van der Waals surface area contributed by atoms with Crippen molar-refractivity contribution in [2.75, 3.05) is 7.11 Å². The summed E-state index contributed by atoms with van der Waals surface area (Å²) in [7, 11) is 1.84. The number of methoxy groups -OCH3 is 1. The van der Waals surface area contributed by atoms with Gasteiger partial charge in [0.05, 0.1) is 5.60 Å². The largest absolute Gasteiger partial charge is 0.378 e. The Morgan fingerprint density at radius 2 is 2.29 bits per heavy atom. The molecule has 1 unspecified atom stereocenters. The predicted molar refractivity (Wildman–Crippen MR) is 73.6 cm³/mol. The fourth-order valence-electron chi connectivity index (χ4n) is 2.48. The molecule has 1 saturated carbocycles. The van der Waals surface area contributed by atoms with Gasteiger partial charge < -0.3 is 4.74 Å². The second-order valence-electron chi connectivity index (χ2n) is 5.01. The predicted octanol–water partition coefficient (Wildman–Crippen LogP) is 3.66. The van der Waals surface area contributed by atoms with Crippen LogP contribution in [0, 0.1) is 6.92 Å². The number of aromatic nitrogens is 1. The van der Waals surface area contributed by atoms with Crippen molar-refractivity contribution < 1.29 is 4.74 Å². The Bertz CT molecular complexity index is 371. The number of halogens is 1. The summed E-state index contributed by atoms with van der Waals surface area (Å²) in [4.78, 5) is 4.90. The Balaban J connectivity index is 1.93. The molecule has 1 aliphatic rings. The van der Waals surface area contributed by atoms with Crippen LogP contribution in [0.2, 0.25) is 0 Å². The normalized spacial score (nSPS) is 19.7. The van der Waals surface area contributed by atoms with Crippen LogP contribution in [-0.2, 0) is 11.2 Å². The molecule has 17 heavy (non-hydrogen) atoms. The molecule has 0 spiro atoms. The molecule has 3 heteroatoms. The minimum absolute atomic E-state index is 0.136. The van der Waals surface area contributed by atoms with Crippen molar-refractivity contribution in [2.24, 2.45) is 0 Å². The molecule has 0 aromatic carbocycles. The maximum Gasteiger partial charge on any atom is 0.0689 e. The number of pyridine rings is 1. The third-order valence-corrected chi connectivity index (χ3v) is 4.47. The van der Waals surface area contributed by atoms with E-state index in [2.05, 4.69) is 33.9 Å². The van der Waals surface area contributed by atoms with Crippen LogP contribution in [0.5, 0.6) is 0 Å². The maximum atomic E-state index is 5.66. The number of aryl methyl sites for hydroxylation is 1. The molecule has 0 aliphatic heterocycles. The Labute approximate surface area is 112 Å². The standard InChI is InChI=1S/C14H20BrNO/c1-11-5-3-8-16-13(11)9-12(15)10-14(17-2)6-4-7-14/h3,5,8,12H,4,6-7,9-10H2,1-2H3. The van der Waals surface area contributed by atoms with Crippen molar-refractivity contribution in [1.29, 1.82) is 0 Å². The van der Waals surface area contributed by atoms with Crippen molar-refractivity contribution in [3.05, 3.63) is 29.6 Å². The van der Waals surface area contributed by atoms with Crippen molar-refractivity contribution >= 4 is 15.9 Å². The van der Waals surface area contributed by atoms with E-state index >= 15 is 0 Å². The second kappa shape index (κ2) is 5.49. The lowest BCUT2D eigenvalue weighted by Crippen LogP contribution is -2.41. The van der Waals surface area contributed by atoms with Gasteiger partial charge >= 0.3 is 0 Å². The highest BCUT2D eigenvalue weighted by molar-refractivity contribution is 9.09. The van der Waals surface area contributed by atoms with Crippen LogP contribution in [-0.4, -0.2) is 22.5 Å². The molecule has 0 radical (unpaired) electrons. The molecule has 2 rings (SSSR count). The van der Waals surface area contributed by atoms with E-state index in [9.17, 15) is 0 Å². The first-order chi connectivity index (χ1) is 8.15. The van der Waals surface area contributed by atoms with E-state index in [0.717, 1.165) is 12.8 Å². The smallest absolute Gasteiger partial charge is 0.0689 e. The highest BCUT2D eigenvalue weighted by atomic mass is 79.9. The quantitative estimate of drug-likeness (QED) is 0.774. The molecule has 1 atom stereocenters. The third kappa shape index (κ3) is 3.08. The van der Waals surface area contributed by atoms with E-state index in [1.807, 2.05) is 19.4 Å². The minimum Gasteiger partial charge on any atom is -0.378 e. The van der Waals surface area contributed by atoms with Crippen molar-refractivity contribution in [3.8, 4) is 0 Å². The fourth-order valence-corrected chi connectivity index (χ4v) is 3.38. The number of alkyl halides is 1. The summed E-state index contributed by atoms with van der Waals surface area (Å²) in [5, 5.41) is 0. The first kappa shape index (κ1) is 13.0. The van der Waals surface area contributed by atoms with Gasteiger partial charge in [0.2, 0.25) is 0 Å². The van der Waals surface area contributed by atoms with Gasteiger partial charge in [0.15, 0.2) is 0 Å². The number of rotatable bonds is 5. The zero-order chi connectivity index (χ0) is 12.3. The lowest BCUT2D eigenvalue weighted by atomic mass is 9.76. The average Bonchev–Trinajstić information content (AvgIpc) is 2.27. The van der Waals surface area contributed by atoms with Gasteiger partial charge in [0.1, 0.15) is 0 Å². The van der Waals surface area contributed by atoms with Gasteiger partial charge in [-0.25, -0.2) is 0 Å². The van der Waals surface area contributed by atoms with Gasteiger partial charge in [-0.3, -0.25) is 4.98 Å². The molecule has 1 heterocycles. The lowest BCUT2D eigenvalue weighted by Gasteiger charge is -2.42. The van der Waals surface area contributed by atoms with E-state index in [-0.39, 0.29) is 5.60 Å². The van der Waals surface area contributed by atoms with Crippen molar-refractivity contribution in [3.63, 3.8) is 0 Å². The zero-order valence-corrected chi connectivity index (χ0v) is 12.2. The number of nitrogens with zero attached hydrogens (tertiary/aromatic N) is 1. The van der Waals surface area contributed by atoms with Crippen LogP contribution < -0.4 is 0 Å². The van der Waals surface area contributed by atoms with Crippen LogP contribution in [0.1, 0.15) is 36.9 Å². The Morgan fingerprint density at radius 1 is 1.53 bits per heavy atom. The molecule has 0 N–H and O–H groups in total. The topological polar surface area (TPSA) is 22.1 Å². The number of hydrogen-bond acceptors (Lipinski definition) is 2. The van der Waals surface area contributed by atoms with Gasteiger partial charge in [-0.05, 0) is 44.2 Å². The van der Waals surface area contributed by atoms with Crippen LogP contribution in [0.4, 0.5) is 0 Å². The summed E-state index contributed by atoms with van der Waals surface area (Å²) in [6.45, 7) is 2.12. The summed E-state index contributed by atoms with van der Waals surface area (Å²) in [5.41, 5.74) is 2.61. The van der Waals surface area contributed by atoms with Crippen LogP contribution in [0.25, 0.3) is 0 Å². The zero-order valence-electron chi connectivity index (χ0n) is 10.6. The maximum absolute atomic E-state index is 5.66. The van der Waals surface area contributed by atoms with Crippen LogP contribution >= 0.6 is 15.9 Å². The first-order valence-electron chi connectivity index (χ1n) is 6.25. The van der Waals surface area contributed by atoms with Crippen LogP contribution in [0.15, 0.2) is 18.3 Å². The Hall–Kier alpha value is -0.410. The van der Waals surface area contributed by atoms with E-state index < -0.39 is 0 Å². The molecule has 94 valence electrons. The molecule has 1 aromatic rings.